The Morgan fingerprint density at radius 1 is 0.838 bits per heavy atom. The summed E-state index contributed by atoms with van der Waals surface area (Å²) in [6, 6.07) is 30.7. The topological polar surface area (TPSA) is 44.4 Å². The van der Waals surface area contributed by atoms with Crippen molar-refractivity contribution in [2.75, 3.05) is 13.1 Å². The molecule has 0 spiro atoms. The van der Waals surface area contributed by atoms with Gasteiger partial charge >= 0.3 is 0 Å². The van der Waals surface area contributed by atoms with Gasteiger partial charge in [-0.2, -0.15) is 0 Å². The smallest absolute Gasteiger partial charge is 0.224 e. The number of amides is 1. The van der Waals surface area contributed by atoms with E-state index in [1.54, 1.807) is 0 Å². The van der Waals surface area contributed by atoms with Crippen molar-refractivity contribution in [2.45, 2.75) is 32.1 Å². The van der Waals surface area contributed by atoms with Gasteiger partial charge in [-0.25, -0.2) is 0 Å². The van der Waals surface area contributed by atoms with E-state index in [9.17, 15) is 4.79 Å². The Bertz CT molecular complexity index is 1320. The van der Waals surface area contributed by atoms with Crippen molar-refractivity contribution in [3.05, 3.63) is 118 Å². The average molecular weight is 533 g/mol. The number of nitrogens with zero attached hydrogens (tertiary/aromatic N) is 1. The highest BCUT2D eigenvalue weighted by atomic mass is 35.5. The van der Waals surface area contributed by atoms with E-state index in [1.165, 1.54) is 10.8 Å². The van der Waals surface area contributed by atoms with E-state index >= 15 is 0 Å². The molecular formula is C31H31Cl2N3O. The van der Waals surface area contributed by atoms with Crippen LogP contribution >= 0.6 is 23.2 Å². The van der Waals surface area contributed by atoms with E-state index < -0.39 is 0 Å². The van der Waals surface area contributed by atoms with Gasteiger partial charge in [-0.1, -0.05) is 89.9 Å². The van der Waals surface area contributed by atoms with Crippen LogP contribution in [0.5, 0.6) is 0 Å². The molecule has 5 rings (SSSR count). The molecule has 4 aromatic rings. The average Bonchev–Trinajstić information content (AvgIpc) is 2.91. The van der Waals surface area contributed by atoms with E-state index in [2.05, 4.69) is 51.9 Å². The molecule has 0 radical (unpaired) electrons. The summed E-state index contributed by atoms with van der Waals surface area (Å²) in [7, 11) is 0. The number of rotatable bonds is 8. The van der Waals surface area contributed by atoms with Crippen LogP contribution in [0.3, 0.4) is 0 Å². The molecule has 1 aliphatic heterocycles. The van der Waals surface area contributed by atoms with Crippen molar-refractivity contribution < 1.29 is 4.79 Å². The molecular weight excluding hydrogens is 501 g/mol. The second-order valence-electron chi connectivity index (χ2n) is 9.77. The minimum atomic E-state index is -0.102. The van der Waals surface area contributed by atoms with Crippen molar-refractivity contribution >= 4 is 39.9 Å². The fourth-order valence-electron chi connectivity index (χ4n) is 5.22. The Labute approximate surface area is 228 Å². The first-order valence-corrected chi connectivity index (χ1v) is 13.5. The lowest BCUT2D eigenvalue weighted by molar-refractivity contribution is -0.126. The standard InChI is InChI=1S/C31H31Cl2N3O/c32-27-11-3-6-22(14-27)20-36(21-23-7-4-12-28(33)15-23)29-16-26(17-34-19-29)31(37)35-18-25-10-5-9-24-8-1-2-13-30(24)25/h1-15,26,29,34H,16-21H2,(H,35,37)/t26-,29+/m0/s1. The monoisotopic (exact) mass is 531 g/mol. The molecule has 6 heteroatoms. The van der Waals surface area contributed by atoms with Gasteiger partial charge in [-0.3, -0.25) is 9.69 Å². The quantitative estimate of drug-likeness (QED) is 0.275. The van der Waals surface area contributed by atoms with Gasteiger partial charge in [0, 0.05) is 48.8 Å². The number of carbonyl (C=O) groups is 1. The van der Waals surface area contributed by atoms with E-state index in [-0.39, 0.29) is 17.9 Å². The molecule has 37 heavy (non-hydrogen) atoms. The maximum Gasteiger partial charge on any atom is 0.224 e. The molecule has 2 N–H and O–H groups in total. The Hall–Kier alpha value is -2.89. The second-order valence-corrected chi connectivity index (χ2v) is 10.6. The highest BCUT2D eigenvalue weighted by Crippen LogP contribution is 2.24. The first kappa shape index (κ1) is 25.7. The third-order valence-corrected chi connectivity index (χ3v) is 7.57. The largest absolute Gasteiger partial charge is 0.352 e. The molecule has 1 amide bonds. The van der Waals surface area contributed by atoms with Crippen molar-refractivity contribution in [1.82, 2.24) is 15.5 Å². The Morgan fingerprint density at radius 2 is 1.49 bits per heavy atom. The Balaban J connectivity index is 1.29. The number of fused-ring (bicyclic) bond motifs is 1. The number of piperidine rings is 1. The van der Waals surface area contributed by atoms with E-state index in [1.807, 2.05) is 54.6 Å². The third kappa shape index (κ3) is 6.71. The van der Waals surface area contributed by atoms with E-state index in [0.29, 0.717) is 13.1 Å². The molecule has 1 aliphatic rings. The van der Waals surface area contributed by atoms with Crippen molar-refractivity contribution in [3.63, 3.8) is 0 Å². The Morgan fingerprint density at radius 3 is 2.19 bits per heavy atom. The van der Waals surface area contributed by atoms with Crippen molar-refractivity contribution in [3.8, 4) is 0 Å². The van der Waals surface area contributed by atoms with Crippen molar-refractivity contribution in [2.24, 2.45) is 5.92 Å². The van der Waals surface area contributed by atoms with Gasteiger partial charge in [0.15, 0.2) is 0 Å². The summed E-state index contributed by atoms with van der Waals surface area (Å²) in [5.41, 5.74) is 3.43. The lowest BCUT2D eigenvalue weighted by Gasteiger charge is -2.38. The molecule has 2 atom stereocenters. The maximum atomic E-state index is 13.3. The summed E-state index contributed by atoms with van der Waals surface area (Å²) in [6.45, 7) is 3.51. The molecule has 1 heterocycles. The van der Waals surface area contributed by atoms with Crippen LogP contribution in [0.25, 0.3) is 10.8 Å². The normalized spacial score (nSPS) is 17.7. The van der Waals surface area contributed by atoms with Crippen LogP contribution in [0.4, 0.5) is 0 Å². The minimum absolute atomic E-state index is 0.0931. The van der Waals surface area contributed by atoms with Gasteiger partial charge < -0.3 is 10.6 Å². The lowest BCUT2D eigenvalue weighted by atomic mass is 9.93. The summed E-state index contributed by atoms with van der Waals surface area (Å²) in [5.74, 6) is -0.00876. The van der Waals surface area contributed by atoms with Gasteiger partial charge in [-0.15, -0.1) is 0 Å². The highest BCUT2D eigenvalue weighted by molar-refractivity contribution is 6.30. The van der Waals surface area contributed by atoms with E-state index in [0.717, 1.165) is 52.8 Å². The third-order valence-electron chi connectivity index (χ3n) is 7.10. The lowest BCUT2D eigenvalue weighted by Crippen LogP contribution is -2.51. The van der Waals surface area contributed by atoms with Gasteiger partial charge in [0.2, 0.25) is 5.91 Å². The number of nitrogens with one attached hydrogen (secondary N) is 2. The predicted molar refractivity (Wildman–Crippen MR) is 153 cm³/mol. The van der Waals surface area contributed by atoms with Crippen molar-refractivity contribution in [1.29, 1.82) is 0 Å². The maximum absolute atomic E-state index is 13.3. The van der Waals surface area contributed by atoms with E-state index in [4.69, 9.17) is 23.2 Å². The molecule has 1 saturated heterocycles. The first-order chi connectivity index (χ1) is 18.0. The predicted octanol–water partition coefficient (Wildman–Crippen LogP) is 6.44. The molecule has 0 saturated carbocycles. The van der Waals surface area contributed by atoms with Gasteiger partial charge in [0.25, 0.3) is 0 Å². The summed E-state index contributed by atoms with van der Waals surface area (Å²) in [4.78, 5) is 15.7. The molecule has 0 aliphatic carbocycles. The summed E-state index contributed by atoms with van der Waals surface area (Å²) in [5, 5.41) is 10.5. The SMILES string of the molecule is O=C(NCc1cccc2ccccc12)[C@@H]1CNC[C@H](N(Cc2cccc(Cl)c2)Cc2cccc(Cl)c2)C1. The first-order valence-electron chi connectivity index (χ1n) is 12.7. The van der Waals surface area contributed by atoms with Crippen LogP contribution in [-0.2, 0) is 24.4 Å². The molecule has 0 bridgehead atoms. The Kier molecular flexibility index (Phi) is 8.42. The molecule has 0 unspecified atom stereocenters. The zero-order valence-corrected chi connectivity index (χ0v) is 22.2. The molecule has 1 fully saturated rings. The van der Waals surface area contributed by atoms with Gasteiger partial charge in [0.1, 0.15) is 0 Å². The number of halogens is 2. The summed E-state index contributed by atoms with van der Waals surface area (Å²) >= 11 is 12.6. The number of hydrogen-bond acceptors (Lipinski definition) is 3. The van der Waals surface area contributed by atoms with Gasteiger partial charge in [0.05, 0.1) is 5.92 Å². The zero-order chi connectivity index (χ0) is 25.6. The molecule has 0 aromatic heterocycles. The van der Waals surface area contributed by atoms with Crippen LogP contribution in [0.15, 0.2) is 91.0 Å². The number of carbonyl (C=O) groups excluding carboxylic acids is 1. The van der Waals surface area contributed by atoms with Crippen LogP contribution in [-0.4, -0.2) is 29.9 Å². The molecule has 4 nitrogen and oxygen atoms in total. The van der Waals surface area contributed by atoms with Gasteiger partial charge in [-0.05, 0) is 58.1 Å². The fraction of sp³-hybridized carbons (Fsp3) is 0.258. The minimum Gasteiger partial charge on any atom is -0.352 e. The van der Waals surface area contributed by atoms with Crippen LogP contribution in [0.2, 0.25) is 10.0 Å². The number of benzene rings is 4. The second kappa shape index (κ2) is 12.1. The molecule has 4 aromatic carbocycles. The number of hydrogen-bond donors (Lipinski definition) is 2. The van der Waals surface area contributed by atoms with Crippen LogP contribution < -0.4 is 10.6 Å². The summed E-state index contributed by atoms with van der Waals surface area (Å²) < 4.78 is 0. The highest BCUT2D eigenvalue weighted by Gasteiger charge is 2.30. The van der Waals surface area contributed by atoms with Crippen LogP contribution in [0, 0.1) is 5.92 Å². The fourth-order valence-corrected chi connectivity index (χ4v) is 5.65. The summed E-state index contributed by atoms with van der Waals surface area (Å²) in [6.07, 6.45) is 0.787. The van der Waals surface area contributed by atoms with Crippen LogP contribution in [0.1, 0.15) is 23.1 Å². The zero-order valence-electron chi connectivity index (χ0n) is 20.7. The molecule has 190 valence electrons.